The van der Waals surface area contributed by atoms with E-state index in [1.807, 2.05) is 24.3 Å². The number of pyridine rings is 1. The van der Waals surface area contributed by atoms with E-state index in [4.69, 9.17) is 16.3 Å². The molecule has 0 spiro atoms. The molecule has 0 fully saturated rings. The Morgan fingerprint density at radius 1 is 1.18 bits per heavy atom. The minimum Gasteiger partial charge on any atom is -0.506 e. The Hall–Kier alpha value is -2.59. The van der Waals surface area contributed by atoms with E-state index in [1.54, 1.807) is 37.6 Å². The summed E-state index contributed by atoms with van der Waals surface area (Å²) in [4.78, 5) is 8.60. The average Bonchev–Trinajstić information content (AvgIpc) is 2.53. The lowest BCUT2D eigenvalue weighted by atomic mass is 10.1. The standard InChI is InChI=1S/C17H13ClN2O2/c1-22-13-7-6-11-8-12(17(18)20-15(11)9-13)10-19-14-4-2-3-5-16(14)21/h2-10,21H,1H3. The van der Waals surface area contributed by atoms with Gasteiger partial charge in [-0.05, 0) is 30.3 Å². The molecule has 0 aliphatic carbocycles. The van der Waals surface area contributed by atoms with Gasteiger partial charge in [-0.25, -0.2) is 4.98 Å². The van der Waals surface area contributed by atoms with Gasteiger partial charge >= 0.3 is 0 Å². The van der Waals surface area contributed by atoms with Crippen molar-refractivity contribution in [2.75, 3.05) is 7.11 Å². The van der Waals surface area contributed by atoms with Crippen LogP contribution in [0.2, 0.25) is 5.15 Å². The maximum absolute atomic E-state index is 9.71. The largest absolute Gasteiger partial charge is 0.506 e. The van der Waals surface area contributed by atoms with Gasteiger partial charge in [0.1, 0.15) is 22.3 Å². The highest BCUT2D eigenvalue weighted by molar-refractivity contribution is 6.32. The molecule has 5 heteroatoms. The van der Waals surface area contributed by atoms with Crippen LogP contribution in [0.3, 0.4) is 0 Å². The van der Waals surface area contributed by atoms with E-state index in [1.165, 1.54) is 0 Å². The summed E-state index contributed by atoms with van der Waals surface area (Å²) in [6.45, 7) is 0. The molecule has 0 saturated heterocycles. The Kier molecular flexibility index (Phi) is 3.94. The summed E-state index contributed by atoms with van der Waals surface area (Å²) in [5.41, 5.74) is 1.92. The molecule has 0 unspecified atom stereocenters. The van der Waals surface area contributed by atoms with Crippen molar-refractivity contribution >= 4 is 34.4 Å². The van der Waals surface area contributed by atoms with E-state index in [-0.39, 0.29) is 5.75 Å². The quantitative estimate of drug-likeness (QED) is 0.577. The van der Waals surface area contributed by atoms with Crippen LogP contribution in [0.4, 0.5) is 5.69 Å². The van der Waals surface area contributed by atoms with Gasteiger partial charge in [0.15, 0.2) is 0 Å². The summed E-state index contributed by atoms with van der Waals surface area (Å²) in [7, 11) is 1.61. The van der Waals surface area contributed by atoms with Gasteiger partial charge in [0.2, 0.25) is 0 Å². The summed E-state index contributed by atoms with van der Waals surface area (Å²) in [5.74, 6) is 0.847. The number of hydrogen-bond acceptors (Lipinski definition) is 4. The summed E-state index contributed by atoms with van der Waals surface area (Å²) >= 11 is 6.20. The molecular formula is C17H13ClN2O2. The van der Waals surface area contributed by atoms with Crippen LogP contribution >= 0.6 is 11.6 Å². The van der Waals surface area contributed by atoms with Crippen LogP contribution in [0.25, 0.3) is 10.9 Å². The van der Waals surface area contributed by atoms with Gasteiger partial charge in [0.05, 0.1) is 12.6 Å². The van der Waals surface area contributed by atoms with Crippen molar-refractivity contribution in [1.29, 1.82) is 0 Å². The number of aromatic hydroxyl groups is 1. The second-order valence-electron chi connectivity index (χ2n) is 4.67. The maximum Gasteiger partial charge on any atom is 0.141 e. The molecule has 3 rings (SSSR count). The lowest BCUT2D eigenvalue weighted by Crippen LogP contribution is -1.90. The summed E-state index contributed by atoms with van der Waals surface area (Å²) in [6, 6.07) is 14.3. The van der Waals surface area contributed by atoms with E-state index in [0.717, 1.165) is 16.7 Å². The van der Waals surface area contributed by atoms with Gasteiger partial charge in [-0.1, -0.05) is 23.7 Å². The highest BCUT2D eigenvalue weighted by Crippen LogP contribution is 2.26. The van der Waals surface area contributed by atoms with Gasteiger partial charge in [-0.2, -0.15) is 0 Å². The Bertz CT molecular complexity index is 862. The number of phenols is 1. The molecular weight excluding hydrogens is 300 g/mol. The third kappa shape index (κ3) is 2.87. The van der Waals surface area contributed by atoms with Crippen LogP contribution in [-0.2, 0) is 0 Å². The molecule has 0 saturated carbocycles. The van der Waals surface area contributed by atoms with Crippen molar-refractivity contribution in [3.63, 3.8) is 0 Å². The molecule has 0 atom stereocenters. The number of benzene rings is 2. The number of hydrogen-bond donors (Lipinski definition) is 1. The Labute approximate surface area is 132 Å². The van der Waals surface area contributed by atoms with Crippen LogP contribution in [0.5, 0.6) is 11.5 Å². The van der Waals surface area contributed by atoms with E-state index >= 15 is 0 Å². The molecule has 3 aromatic rings. The van der Waals surface area contributed by atoms with Crippen LogP contribution in [0.1, 0.15) is 5.56 Å². The van der Waals surface area contributed by atoms with E-state index in [2.05, 4.69) is 9.98 Å². The molecule has 0 amide bonds. The lowest BCUT2D eigenvalue weighted by Gasteiger charge is -2.04. The van der Waals surface area contributed by atoms with Crippen molar-refractivity contribution < 1.29 is 9.84 Å². The number of para-hydroxylation sites is 2. The minimum absolute atomic E-state index is 0.119. The van der Waals surface area contributed by atoms with Crippen LogP contribution in [0.15, 0.2) is 53.5 Å². The topological polar surface area (TPSA) is 54.7 Å². The van der Waals surface area contributed by atoms with Crippen LogP contribution in [-0.4, -0.2) is 23.4 Å². The lowest BCUT2D eigenvalue weighted by molar-refractivity contribution is 0.415. The highest BCUT2D eigenvalue weighted by Gasteiger charge is 2.05. The van der Waals surface area contributed by atoms with Gasteiger partial charge in [0, 0.05) is 23.2 Å². The molecule has 22 heavy (non-hydrogen) atoms. The molecule has 1 aromatic heterocycles. The first-order chi connectivity index (χ1) is 10.7. The molecule has 0 aliphatic rings. The van der Waals surface area contributed by atoms with E-state index in [0.29, 0.717) is 16.4 Å². The fraction of sp³-hybridized carbons (Fsp3) is 0.0588. The van der Waals surface area contributed by atoms with Crippen molar-refractivity contribution in [2.45, 2.75) is 0 Å². The molecule has 0 bridgehead atoms. The Morgan fingerprint density at radius 2 is 2.00 bits per heavy atom. The zero-order valence-electron chi connectivity index (χ0n) is 11.8. The average molecular weight is 313 g/mol. The number of rotatable bonds is 3. The highest BCUT2D eigenvalue weighted by atomic mass is 35.5. The fourth-order valence-corrected chi connectivity index (χ4v) is 2.26. The van der Waals surface area contributed by atoms with E-state index < -0.39 is 0 Å². The summed E-state index contributed by atoms with van der Waals surface area (Å²) in [6.07, 6.45) is 1.59. The minimum atomic E-state index is 0.119. The van der Waals surface area contributed by atoms with Crippen LogP contribution < -0.4 is 4.74 Å². The predicted octanol–water partition coefficient (Wildman–Crippen LogP) is 4.35. The third-order valence-electron chi connectivity index (χ3n) is 3.23. The van der Waals surface area contributed by atoms with E-state index in [9.17, 15) is 5.11 Å². The molecule has 4 nitrogen and oxygen atoms in total. The normalized spacial score (nSPS) is 11.2. The van der Waals surface area contributed by atoms with Crippen molar-refractivity contribution in [2.24, 2.45) is 4.99 Å². The van der Waals surface area contributed by atoms with Gasteiger partial charge < -0.3 is 9.84 Å². The molecule has 1 N–H and O–H groups in total. The zero-order valence-corrected chi connectivity index (χ0v) is 12.6. The van der Waals surface area contributed by atoms with Crippen molar-refractivity contribution in [1.82, 2.24) is 4.98 Å². The number of aromatic nitrogens is 1. The first kappa shape index (κ1) is 14.4. The third-order valence-corrected chi connectivity index (χ3v) is 3.53. The second kappa shape index (κ2) is 6.03. The van der Waals surface area contributed by atoms with Gasteiger partial charge in [0.25, 0.3) is 0 Å². The molecule has 1 heterocycles. The zero-order chi connectivity index (χ0) is 15.5. The SMILES string of the molecule is COc1ccc2cc(C=Nc3ccccc3O)c(Cl)nc2c1. The first-order valence-corrected chi connectivity index (χ1v) is 7.01. The fourth-order valence-electron chi connectivity index (χ4n) is 2.07. The number of fused-ring (bicyclic) bond motifs is 1. The molecule has 0 aliphatic heterocycles. The predicted molar refractivity (Wildman–Crippen MR) is 88.7 cm³/mol. The van der Waals surface area contributed by atoms with Crippen LogP contribution in [0, 0.1) is 0 Å². The number of methoxy groups -OCH3 is 1. The Balaban J connectivity index is 2.01. The van der Waals surface area contributed by atoms with Crippen molar-refractivity contribution in [3.05, 3.63) is 59.2 Å². The monoisotopic (exact) mass is 312 g/mol. The Morgan fingerprint density at radius 3 is 2.77 bits per heavy atom. The first-order valence-electron chi connectivity index (χ1n) is 6.64. The number of ether oxygens (including phenoxy) is 1. The molecule has 2 aromatic carbocycles. The summed E-state index contributed by atoms with van der Waals surface area (Å²) < 4.78 is 5.17. The maximum atomic E-state index is 9.71. The number of nitrogens with zero attached hydrogens (tertiary/aromatic N) is 2. The molecule has 110 valence electrons. The molecule has 0 radical (unpaired) electrons. The summed E-state index contributed by atoms with van der Waals surface area (Å²) in [5, 5.41) is 11.0. The second-order valence-corrected chi connectivity index (χ2v) is 5.03. The van der Waals surface area contributed by atoms with Crippen molar-refractivity contribution in [3.8, 4) is 11.5 Å². The van der Waals surface area contributed by atoms with Gasteiger partial charge in [-0.3, -0.25) is 4.99 Å². The number of aliphatic imine (C=N–C) groups is 1. The smallest absolute Gasteiger partial charge is 0.141 e. The van der Waals surface area contributed by atoms with Gasteiger partial charge in [-0.15, -0.1) is 0 Å². The number of phenolic OH excluding ortho intramolecular Hbond substituents is 1. The number of halogens is 1.